The number of nitrogens with zero attached hydrogens (tertiary/aromatic N) is 1. The molecule has 0 amide bonds. The third-order valence-electron chi connectivity index (χ3n) is 4.77. The van der Waals surface area contributed by atoms with Crippen molar-refractivity contribution < 1.29 is 17.9 Å². The Bertz CT molecular complexity index is 1150. The lowest BCUT2D eigenvalue weighted by atomic mass is 10.0. The van der Waals surface area contributed by atoms with E-state index in [1.807, 2.05) is 6.92 Å². The maximum Gasteiger partial charge on any atom is 0.238 e. The number of sulfonamides is 1. The van der Waals surface area contributed by atoms with Crippen molar-refractivity contribution in [1.29, 1.82) is 0 Å². The van der Waals surface area contributed by atoms with Crippen LogP contribution in [0.1, 0.15) is 30.5 Å². The SMILES string of the molecule is Cc1[nH]nc(-c2ccc(S(N)(=O)=O)cc2)c1C1=COC=C(CC2=CC=CCC2)O1. The normalized spacial score (nSPS) is 16.4. The molecule has 0 spiro atoms. The number of hydrogen-bond donors (Lipinski definition) is 2. The van der Waals surface area contributed by atoms with Crippen LogP contribution < -0.4 is 5.14 Å². The zero-order valence-electron chi connectivity index (χ0n) is 15.9. The molecule has 0 bridgehead atoms. The van der Waals surface area contributed by atoms with E-state index in [1.54, 1.807) is 24.7 Å². The molecule has 1 aliphatic heterocycles. The van der Waals surface area contributed by atoms with Crippen LogP contribution in [0.5, 0.6) is 0 Å². The van der Waals surface area contributed by atoms with Crippen molar-refractivity contribution in [2.45, 2.75) is 31.1 Å². The van der Waals surface area contributed by atoms with Crippen LogP contribution in [0.3, 0.4) is 0 Å². The highest BCUT2D eigenvalue weighted by molar-refractivity contribution is 7.89. The van der Waals surface area contributed by atoms with E-state index in [2.05, 4.69) is 28.4 Å². The van der Waals surface area contributed by atoms with Crippen LogP contribution in [-0.2, 0) is 19.5 Å². The minimum Gasteiger partial charge on any atom is -0.465 e. The molecule has 2 heterocycles. The average molecular weight is 411 g/mol. The fraction of sp³-hybridized carbons (Fsp3) is 0.190. The predicted octanol–water partition coefficient (Wildman–Crippen LogP) is 3.89. The Kier molecular flexibility index (Phi) is 5.12. The van der Waals surface area contributed by atoms with Crippen LogP contribution >= 0.6 is 0 Å². The number of rotatable bonds is 5. The molecule has 150 valence electrons. The maximum absolute atomic E-state index is 11.5. The van der Waals surface area contributed by atoms with E-state index in [1.165, 1.54) is 17.7 Å². The molecule has 0 saturated heterocycles. The Hall–Kier alpha value is -3.10. The molecule has 0 unspecified atom stereocenters. The minimum absolute atomic E-state index is 0.0477. The van der Waals surface area contributed by atoms with Crippen molar-refractivity contribution in [2.24, 2.45) is 5.14 Å². The standard InChI is InChI=1S/C21H21N3O4S/c1-14-20(19-13-27-12-17(28-19)11-15-5-3-2-4-6-15)21(24-23-14)16-7-9-18(10-8-16)29(22,25)26/h2-3,5,7-10,12-13H,4,6,11H2,1H3,(H,23,24)(H2,22,25,26). The van der Waals surface area contributed by atoms with Crippen LogP contribution in [0.4, 0.5) is 0 Å². The van der Waals surface area contributed by atoms with Gasteiger partial charge in [-0.3, -0.25) is 5.10 Å². The molecule has 8 heteroatoms. The Morgan fingerprint density at radius 2 is 2.00 bits per heavy atom. The molecule has 1 aromatic heterocycles. The summed E-state index contributed by atoms with van der Waals surface area (Å²) in [6.45, 7) is 1.89. The lowest BCUT2D eigenvalue weighted by Gasteiger charge is -2.19. The number of benzene rings is 1. The lowest BCUT2D eigenvalue weighted by Crippen LogP contribution is -2.11. The third kappa shape index (κ3) is 4.18. The van der Waals surface area contributed by atoms with Gasteiger partial charge in [0, 0.05) is 17.7 Å². The van der Waals surface area contributed by atoms with Crippen LogP contribution in [0.2, 0.25) is 0 Å². The van der Waals surface area contributed by atoms with E-state index < -0.39 is 10.0 Å². The fourth-order valence-corrected chi connectivity index (χ4v) is 3.83. The van der Waals surface area contributed by atoms with Crippen molar-refractivity contribution in [1.82, 2.24) is 10.2 Å². The molecule has 2 aliphatic rings. The van der Waals surface area contributed by atoms with Gasteiger partial charge in [-0.1, -0.05) is 35.9 Å². The van der Waals surface area contributed by atoms with E-state index in [0.717, 1.165) is 35.4 Å². The zero-order valence-corrected chi connectivity index (χ0v) is 16.7. The highest BCUT2D eigenvalue weighted by Gasteiger charge is 2.22. The van der Waals surface area contributed by atoms with Gasteiger partial charge in [-0.2, -0.15) is 5.10 Å². The van der Waals surface area contributed by atoms with Gasteiger partial charge in [0.25, 0.3) is 0 Å². The lowest BCUT2D eigenvalue weighted by molar-refractivity contribution is 0.273. The van der Waals surface area contributed by atoms with E-state index in [9.17, 15) is 8.42 Å². The Morgan fingerprint density at radius 3 is 2.69 bits per heavy atom. The summed E-state index contributed by atoms with van der Waals surface area (Å²) in [6.07, 6.45) is 12.2. The second-order valence-corrected chi connectivity index (χ2v) is 8.48. The van der Waals surface area contributed by atoms with Gasteiger partial charge in [-0.05, 0) is 31.9 Å². The number of aryl methyl sites for hydroxylation is 1. The van der Waals surface area contributed by atoms with Gasteiger partial charge in [-0.25, -0.2) is 13.6 Å². The number of nitrogens with two attached hydrogens (primary N) is 1. The van der Waals surface area contributed by atoms with Gasteiger partial charge >= 0.3 is 0 Å². The topological polar surface area (TPSA) is 107 Å². The van der Waals surface area contributed by atoms with Gasteiger partial charge in [0.15, 0.2) is 5.76 Å². The van der Waals surface area contributed by atoms with Crippen LogP contribution in [0.15, 0.2) is 71.2 Å². The molecule has 7 nitrogen and oxygen atoms in total. The molecule has 2 aromatic rings. The van der Waals surface area contributed by atoms with Gasteiger partial charge < -0.3 is 9.47 Å². The maximum atomic E-state index is 11.5. The van der Waals surface area contributed by atoms with E-state index in [4.69, 9.17) is 14.6 Å². The molecular weight excluding hydrogens is 390 g/mol. The van der Waals surface area contributed by atoms with Crippen molar-refractivity contribution in [3.8, 4) is 11.3 Å². The van der Waals surface area contributed by atoms with Crippen molar-refractivity contribution in [3.63, 3.8) is 0 Å². The molecule has 0 radical (unpaired) electrons. The summed E-state index contributed by atoms with van der Waals surface area (Å²) >= 11 is 0. The first-order chi connectivity index (χ1) is 13.9. The molecular formula is C21H21N3O4S. The molecule has 1 aliphatic carbocycles. The molecule has 29 heavy (non-hydrogen) atoms. The Morgan fingerprint density at radius 1 is 1.21 bits per heavy atom. The summed E-state index contributed by atoms with van der Waals surface area (Å²) < 4.78 is 34.6. The number of allylic oxidation sites excluding steroid dienone is 4. The predicted molar refractivity (Wildman–Crippen MR) is 109 cm³/mol. The summed E-state index contributed by atoms with van der Waals surface area (Å²) in [6, 6.07) is 6.25. The molecule has 0 saturated carbocycles. The van der Waals surface area contributed by atoms with Gasteiger partial charge in [-0.15, -0.1) is 0 Å². The van der Waals surface area contributed by atoms with E-state index in [0.29, 0.717) is 17.9 Å². The average Bonchev–Trinajstić information content (AvgIpc) is 3.10. The highest BCUT2D eigenvalue weighted by Crippen LogP contribution is 2.35. The molecule has 4 rings (SSSR count). The third-order valence-corrected chi connectivity index (χ3v) is 5.70. The summed E-state index contributed by atoms with van der Waals surface area (Å²) in [5.41, 5.74) is 4.23. The second-order valence-electron chi connectivity index (χ2n) is 6.91. The monoisotopic (exact) mass is 411 g/mol. The Labute approximate surface area is 169 Å². The number of primary sulfonamides is 1. The number of aromatic nitrogens is 2. The number of aromatic amines is 1. The van der Waals surface area contributed by atoms with Crippen LogP contribution in [0, 0.1) is 6.92 Å². The smallest absolute Gasteiger partial charge is 0.238 e. The van der Waals surface area contributed by atoms with Gasteiger partial charge in [0.05, 0.1) is 10.5 Å². The van der Waals surface area contributed by atoms with Gasteiger partial charge in [0.2, 0.25) is 10.0 Å². The van der Waals surface area contributed by atoms with Crippen molar-refractivity contribution >= 4 is 15.8 Å². The molecule has 1 aromatic carbocycles. The van der Waals surface area contributed by atoms with Crippen molar-refractivity contribution in [2.75, 3.05) is 0 Å². The number of ether oxygens (including phenoxy) is 2. The quantitative estimate of drug-likeness (QED) is 0.776. The first-order valence-corrected chi connectivity index (χ1v) is 10.7. The molecule has 0 atom stereocenters. The van der Waals surface area contributed by atoms with E-state index in [-0.39, 0.29) is 4.90 Å². The fourth-order valence-electron chi connectivity index (χ4n) is 3.31. The highest BCUT2D eigenvalue weighted by atomic mass is 32.2. The number of hydrogen-bond acceptors (Lipinski definition) is 5. The first kappa shape index (κ1) is 19.2. The van der Waals surface area contributed by atoms with E-state index >= 15 is 0 Å². The van der Waals surface area contributed by atoms with Crippen molar-refractivity contribution in [3.05, 3.63) is 77.6 Å². The number of nitrogens with one attached hydrogen (secondary N) is 1. The first-order valence-electron chi connectivity index (χ1n) is 9.17. The summed E-state index contributed by atoms with van der Waals surface area (Å²) in [4.78, 5) is 0.0477. The summed E-state index contributed by atoms with van der Waals surface area (Å²) in [7, 11) is -3.75. The van der Waals surface area contributed by atoms with Crippen LogP contribution in [0.25, 0.3) is 17.0 Å². The minimum atomic E-state index is -3.75. The summed E-state index contributed by atoms with van der Waals surface area (Å²) in [5, 5.41) is 12.5. The second kappa shape index (κ2) is 7.73. The largest absolute Gasteiger partial charge is 0.465 e. The molecule has 0 fully saturated rings. The summed E-state index contributed by atoms with van der Waals surface area (Å²) in [5.74, 6) is 1.27. The Balaban J connectivity index is 1.60. The zero-order chi connectivity index (χ0) is 20.4. The van der Waals surface area contributed by atoms with Crippen LogP contribution in [-0.4, -0.2) is 18.6 Å². The molecule has 3 N–H and O–H groups in total. The van der Waals surface area contributed by atoms with Gasteiger partial charge in [0.1, 0.15) is 24.0 Å². The number of H-pyrrole nitrogens is 1.